The zero-order valence-electron chi connectivity index (χ0n) is 12.8. The molecule has 0 spiro atoms. The summed E-state index contributed by atoms with van der Waals surface area (Å²) in [5.74, 6) is 0.785. The molecule has 1 aliphatic heterocycles. The SMILES string of the molecule is Cc1cc(C(=O)N2CCOCC2c2nc(-c3cccs3)no2)on1. The average Bonchev–Trinajstić information content (AvgIpc) is 3.35. The van der Waals surface area contributed by atoms with Gasteiger partial charge in [-0.1, -0.05) is 16.4 Å². The van der Waals surface area contributed by atoms with E-state index in [1.54, 1.807) is 17.9 Å². The lowest BCUT2D eigenvalue weighted by atomic mass is 10.2. The molecule has 0 aromatic carbocycles. The minimum absolute atomic E-state index is 0.192. The maximum absolute atomic E-state index is 12.7. The molecule has 124 valence electrons. The van der Waals surface area contributed by atoms with Gasteiger partial charge < -0.3 is 18.7 Å². The van der Waals surface area contributed by atoms with Gasteiger partial charge in [0.05, 0.1) is 23.8 Å². The van der Waals surface area contributed by atoms with Crippen molar-refractivity contribution in [2.75, 3.05) is 19.8 Å². The first-order valence-corrected chi connectivity index (χ1v) is 8.30. The van der Waals surface area contributed by atoms with Crippen LogP contribution in [0.25, 0.3) is 10.7 Å². The summed E-state index contributed by atoms with van der Waals surface area (Å²) in [5.41, 5.74) is 0.654. The number of carbonyl (C=O) groups excluding carboxylic acids is 1. The van der Waals surface area contributed by atoms with Crippen molar-refractivity contribution in [3.63, 3.8) is 0 Å². The molecular weight excluding hydrogens is 332 g/mol. The third-order valence-corrected chi connectivity index (χ3v) is 4.56. The van der Waals surface area contributed by atoms with Gasteiger partial charge in [0, 0.05) is 12.6 Å². The van der Waals surface area contributed by atoms with Crippen LogP contribution in [0.3, 0.4) is 0 Å². The minimum Gasteiger partial charge on any atom is -0.377 e. The van der Waals surface area contributed by atoms with Gasteiger partial charge in [-0.3, -0.25) is 4.79 Å². The fourth-order valence-electron chi connectivity index (χ4n) is 2.53. The Balaban J connectivity index is 1.61. The molecular formula is C15H14N4O4S. The maximum atomic E-state index is 12.7. The molecule has 1 unspecified atom stereocenters. The van der Waals surface area contributed by atoms with E-state index in [1.807, 2.05) is 17.5 Å². The molecule has 1 amide bonds. The van der Waals surface area contributed by atoms with Crippen LogP contribution in [0.1, 0.15) is 28.2 Å². The molecule has 0 radical (unpaired) electrons. The summed E-state index contributed by atoms with van der Waals surface area (Å²) in [4.78, 5) is 19.6. The topological polar surface area (TPSA) is 94.5 Å². The van der Waals surface area contributed by atoms with E-state index < -0.39 is 6.04 Å². The summed E-state index contributed by atoms with van der Waals surface area (Å²) in [7, 11) is 0. The van der Waals surface area contributed by atoms with E-state index in [2.05, 4.69) is 15.3 Å². The molecule has 3 aromatic heterocycles. The average molecular weight is 346 g/mol. The van der Waals surface area contributed by atoms with Gasteiger partial charge in [-0.25, -0.2) is 0 Å². The van der Waals surface area contributed by atoms with E-state index in [-0.39, 0.29) is 11.7 Å². The number of hydrogen-bond acceptors (Lipinski definition) is 8. The standard InChI is InChI=1S/C15H14N4O4S/c1-9-7-11(22-17-9)15(20)19-4-5-21-8-10(19)14-16-13(18-23-14)12-3-2-6-24-12/h2-3,6-7,10H,4-5,8H2,1H3. The first-order valence-electron chi connectivity index (χ1n) is 7.42. The number of rotatable bonds is 3. The number of aromatic nitrogens is 3. The number of hydrogen-bond donors (Lipinski definition) is 0. The monoisotopic (exact) mass is 346 g/mol. The van der Waals surface area contributed by atoms with Crippen molar-refractivity contribution in [2.45, 2.75) is 13.0 Å². The van der Waals surface area contributed by atoms with Gasteiger partial charge in [0.15, 0.2) is 0 Å². The lowest BCUT2D eigenvalue weighted by molar-refractivity contribution is -0.0137. The fraction of sp³-hybridized carbons (Fsp3) is 0.333. The van der Waals surface area contributed by atoms with Gasteiger partial charge in [-0.05, 0) is 18.4 Å². The molecule has 0 aliphatic carbocycles. The van der Waals surface area contributed by atoms with Crippen molar-refractivity contribution in [3.05, 3.63) is 40.9 Å². The lowest BCUT2D eigenvalue weighted by Crippen LogP contribution is -2.43. The Kier molecular flexibility index (Phi) is 3.87. The largest absolute Gasteiger partial charge is 0.377 e. The highest BCUT2D eigenvalue weighted by Gasteiger charge is 2.35. The van der Waals surface area contributed by atoms with Crippen LogP contribution in [0.15, 0.2) is 32.6 Å². The summed E-state index contributed by atoms with van der Waals surface area (Å²) in [6.45, 7) is 2.93. The third kappa shape index (κ3) is 2.72. The second-order valence-corrected chi connectivity index (χ2v) is 6.30. The summed E-state index contributed by atoms with van der Waals surface area (Å²) < 4.78 is 15.9. The van der Waals surface area contributed by atoms with E-state index in [4.69, 9.17) is 13.8 Å². The van der Waals surface area contributed by atoms with Crippen LogP contribution in [0.2, 0.25) is 0 Å². The van der Waals surface area contributed by atoms with Gasteiger partial charge in [0.2, 0.25) is 11.6 Å². The normalized spacial score (nSPS) is 18.0. The zero-order valence-corrected chi connectivity index (χ0v) is 13.7. The molecule has 8 nitrogen and oxygen atoms in total. The Hall–Kier alpha value is -2.52. The van der Waals surface area contributed by atoms with E-state index >= 15 is 0 Å². The summed E-state index contributed by atoms with van der Waals surface area (Å²) in [5, 5.41) is 9.71. The minimum atomic E-state index is -0.446. The third-order valence-electron chi connectivity index (χ3n) is 3.70. The Morgan fingerprint density at radius 3 is 3.04 bits per heavy atom. The molecule has 0 saturated carbocycles. The number of thiophene rings is 1. The number of morpholine rings is 1. The van der Waals surface area contributed by atoms with E-state index in [9.17, 15) is 4.79 Å². The van der Waals surface area contributed by atoms with Crippen LogP contribution in [0.5, 0.6) is 0 Å². The highest BCUT2D eigenvalue weighted by atomic mass is 32.1. The molecule has 1 fully saturated rings. The Morgan fingerprint density at radius 1 is 1.38 bits per heavy atom. The highest BCUT2D eigenvalue weighted by Crippen LogP contribution is 2.28. The Bertz CT molecular complexity index is 841. The maximum Gasteiger partial charge on any atom is 0.293 e. The predicted octanol–water partition coefficient (Wildman–Crippen LogP) is 2.31. The summed E-state index contributed by atoms with van der Waals surface area (Å²) in [6.07, 6.45) is 0. The first kappa shape index (κ1) is 15.0. The van der Waals surface area contributed by atoms with Gasteiger partial charge in [-0.15, -0.1) is 11.3 Å². The van der Waals surface area contributed by atoms with Crippen LogP contribution in [-0.2, 0) is 4.74 Å². The van der Waals surface area contributed by atoms with Crippen molar-refractivity contribution in [2.24, 2.45) is 0 Å². The fourth-order valence-corrected chi connectivity index (χ4v) is 3.18. The van der Waals surface area contributed by atoms with Crippen LogP contribution in [-0.4, -0.2) is 45.9 Å². The van der Waals surface area contributed by atoms with E-state index in [0.717, 1.165) is 4.88 Å². The number of ether oxygens (including phenoxy) is 1. The first-order chi connectivity index (χ1) is 11.7. The molecule has 24 heavy (non-hydrogen) atoms. The van der Waals surface area contributed by atoms with Gasteiger partial charge in [0.25, 0.3) is 11.8 Å². The Morgan fingerprint density at radius 2 is 2.29 bits per heavy atom. The molecule has 9 heteroatoms. The van der Waals surface area contributed by atoms with Gasteiger partial charge in [0.1, 0.15) is 6.04 Å². The second-order valence-electron chi connectivity index (χ2n) is 5.36. The van der Waals surface area contributed by atoms with Gasteiger partial charge in [-0.2, -0.15) is 4.98 Å². The van der Waals surface area contributed by atoms with Crippen LogP contribution in [0, 0.1) is 6.92 Å². The second kappa shape index (κ2) is 6.17. The number of nitrogens with zero attached hydrogens (tertiary/aromatic N) is 4. The summed E-state index contributed by atoms with van der Waals surface area (Å²) in [6, 6.07) is 5.00. The van der Waals surface area contributed by atoms with Crippen LogP contribution in [0.4, 0.5) is 0 Å². The van der Waals surface area contributed by atoms with E-state index in [0.29, 0.717) is 37.2 Å². The van der Waals surface area contributed by atoms with Gasteiger partial charge >= 0.3 is 0 Å². The number of aryl methyl sites for hydroxylation is 1. The van der Waals surface area contributed by atoms with Crippen molar-refractivity contribution >= 4 is 17.2 Å². The molecule has 4 heterocycles. The van der Waals surface area contributed by atoms with Crippen molar-refractivity contribution < 1.29 is 18.6 Å². The quantitative estimate of drug-likeness (QED) is 0.718. The van der Waals surface area contributed by atoms with E-state index in [1.165, 1.54) is 11.3 Å². The summed E-state index contributed by atoms with van der Waals surface area (Å²) >= 11 is 1.52. The van der Waals surface area contributed by atoms with Crippen molar-refractivity contribution in [3.8, 4) is 10.7 Å². The molecule has 1 aliphatic rings. The zero-order chi connectivity index (χ0) is 16.5. The van der Waals surface area contributed by atoms with Crippen molar-refractivity contribution in [1.82, 2.24) is 20.2 Å². The molecule has 4 rings (SSSR count). The van der Waals surface area contributed by atoms with Crippen molar-refractivity contribution in [1.29, 1.82) is 0 Å². The van der Waals surface area contributed by atoms with Crippen LogP contribution >= 0.6 is 11.3 Å². The number of amides is 1. The van der Waals surface area contributed by atoms with Crippen LogP contribution < -0.4 is 0 Å². The molecule has 3 aromatic rings. The smallest absolute Gasteiger partial charge is 0.293 e. The highest BCUT2D eigenvalue weighted by molar-refractivity contribution is 7.13. The molecule has 0 N–H and O–H groups in total. The Labute approximate surface area is 141 Å². The predicted molar refractivity (Wildman–Crippen MR) is 83.4 cm³/mol. The molecule has 1 saturated heterocycles. The lowest BCUT2D eigenvalue weighted by Gasteiger charge is -2.32. The molecule has 1 atom stereocenters. The number of carbonyl (C=O) groups is 1. The molecule has 0 bridgehead atoms.